The van der Waals surface area contributed by atoms with Gasteiger partial charge in [-0.1, -0.05) is 13.8 Å². The molecule has 6 rings (SSSR count). The minimum atomic E-state index is -0.942. The van der Waals surface area contributed by atoms with E-state index in [9.17, 15) is 9.59 Å². The molecule has 2 aromatic carbocycles. The number of hydrogen-bond donors (Lipinski definition) is 0. The molecule has 0 aliphatic carbocycles. The van der Waals surface area contributed by atoms with Gasteiger partial charge in [-0.3, -0.25) is 19.6 Å². The van der Waals surface area contributed by atoms with E-state index >= 15 is 0 Å². The third-order valence-electron chi connectivity index (χ3n) is 10.2. The van der Waals surface area contributed by atoms with E-state index in [-0.39, 0.29) is 38.2 Å². The van der Waals surface area contributed by atoms with Gasteiger partial charge < -0.3 is 18.9 Å². The second-order valence-electron chi connectivity index (χ2n) is 11.4. The number of methoxy groups -OCH3 is 4. The van der Waals surface area contributed by atoms with Crippen molar-refractivity contribution in [3.63, 3.8) is 0 Å². The molecular weight excluding hydrogens is 500 g/mol. The average molecular weight is 537 g/mol. The van der Waals surface area contributed by atoms with E-state index in [1.54, 1.807) is 28.4 Å². The summed E-state index contributed by atoms with van der Waals surface area (Å²) in [6, 6.07) is 7.12. The maximum Gasteiger partial charge on any atom is 0.324 e. The van der Waals surface area contributed by atoms with E-state index in [0.29, 0.717) is 23.0 Å². The highest BCUT2D eigenvalue weighted by molar-refractivity contribution is 5.87. The second kappa shape index (κ2) is 8.09. The number of nitrogens with zero attached hydrogens (tertiary/aromatic N) is 4. The molecule has 4 amide bonds. The summed E-state index contributed by atoms with van der Waals surface area (Å²) in [5.74, 6) is 2.64. The van der Waals surface area contributed by atoms with Crippen molar-refractivity contribution in [1.29, 1.82) is 0 Å². The van der Waals surface area contributed by atoms with Crippen LogP contribution < -0.4 is 18.9 Å². The van der Waals surface area contributed by atoms with Gasteiger partial charge in [0.25, 0.3) is 0 Å². The third kappa shape index (κ3) is 2.81. The summed E-state index contributed by atoms with van der Waals surface area (Å²) < 4.78 is 23.0. The standard InChI is InChI=1S/C29H36N4O6/c1-27(2)28(3)30-13-17-18(22(37-6)10-9-21(17)36-5)14-31(28)26(35)33-16-20-19(15-32(25(30)34)29(27,33)4)23(38-7)11-12-24(20)39-8/h9-12H,13-16H2,1-8H3. The smallest absolute Gasteiger partial charge is 0.324 e. The Morgan fingerprint density at radius 1 is 0.513 bits per heavy atom. The molecule has 0 aromatic heterocycles. The maximum atomic E-state index is 14.7. The number of urea groups is 2. The normalized spacial score (nSPS) is 21.4. The highest BCUT2D eigenvalue weighted by Gasteiger charge is 2.75. The number of amides is 4. The van der Waals surface area contributed by atoms with E-state index in [1.165, 1.54) is 0 Å². The Hall–Kier alpha value is -3.82. The van der Waals surface area contributed by atoms with Crippen molar-refractivity contribution >= 4 is 12.1 Å². The van der Waals surface area contributed by atoms with E-state index in [2.05, 4.69) is 13.8 Å². The lowest BCUT2D eigenvalue weighted by Crippen LogP contribution is -2.89. The largest absolute Gasteiger partial charge is 0.496 e. The molecule has 0 N–H and O–H groups in total. The Morgan fingerprint density at radius 3 is 0.949 bits per heavy atom. The topological polar surface area (TPSA) is 84.0 Å². The molecule has 10 heteroatoms. The molecule has 2 aromatic rings. The van der Waals surface area contributed by atoms with Crippen LogP contribution >= 0.6 is 0 Å². The first-order valence-electron chi connectivity index (χ1n) is 13.1. The van der Waals surface area contributed by atoms with Crippen LogP contribution in [0.25, 0.3) is 0 Å². The van der Waals surface area contributed by atoms with Crippen LogP contribution in [0.1, 0.15) is 49.9 Å². The maximum absolute atomic E-state index is 14.7. The van der Waals surface area contributed by atoms with Gasteiger partial charge in [0.1, 0.15) is 34.3 Å². The van der Waals surface area contributed by atoms with Crippen molar-refractivity contribution in [3.8, 4) is 23.0 Å². The summed E-state index contributed by atoms with van der Waals surface area (Å²) in [5.41, 5.74) is 0.887. The van der Waals surface area contributed by atoms with Crippen LogP contribution in [0.2, 0.25) is 0 Å². The predicted octanol–water partition coefficient (Wildman–Crippen LogP) is 4.38. The van der Waals surface area contributed by atoms with Crippen molar-refractivity contribution < 1.29 is 28.5 Å². The first kappa shape index (κ1) is 25.5. The SMILES string of the molecule is COc1ccc(OC)c2c1CN1C(=O)N3Cc4c(OC)ccc(OC)c4CN4C(=O)N(C2)C1(C)C(C)(C)C34C. The summed E-state index contributed by atoms with van der Waals surface area (Å²) in [7, 11) is 6.48. The van der Waals surface area contributed by atoms with Crippen LogP contribution in [-0.4, -0.2) is 71.4 Å². The molecule has 0 unspecified atom stereocenters. The quantitative estimate of drug-likeness (QED) is 0.577. The number of carbonyl (C=O) groups is 2. The highest BCUT2D eigenvalue weighted by Crippen LogP contribution is 2.61. The van der Waals surface area contributed by atoms with Crippen molar-refractivity contribution in [3.05, 3.63) is 46.5 Å². The Labute approximate surface area is 228 Å². The fourth-order valence-electron chi connectivity index (χ4n) is 7.40. The molecule has 0 spiro atoms. The molecule has 0 radical (unpaired) electrons. The van der Waals surface area contributed by atoms with Crippen molar-refractivity contribution in [2.45, 2.75) is 65.2 Å². The van der Waals surface area contributed by atoms with E-state index in [0.717, 1.165) is 22.3 Å². The average Bonchev–Trinajstić information content (AvgIpc) is 3.17. The van der Waals surface area contributed by atoms with Crippen LogP contribution in [0.3, 0.4) is 0 Å². The fourth-order valence-corrected chi connectivity index (χ4v) is 7.40. The predicted molar refractivity (Wildman–Crippen MR) is 143 cm³/mol. The van der Waals surface area contributed by atoms with Gasteiger partial charge in [0.2, 0.25) is 0 Å². The molecule has 39 heavy (non-hydrogen) atoms. The first-order chi connectivity index (χ1) is 18.5. The first-order valence-corrected chi connectivity index (χ1v) is 13.1. The minimum Gasteiger partial charge on any atom is -0.496 e. The molecule has 0 saturated carbocycles. The second-order valence-corrected chi connectivity index (χ2v) is 11.4. The Balaban J connectivity index is 1.65. The van der Waals surface area contributed by atoms with E-state index < -0.39 is 16.7 Å². The number of rotatable bonds is 4. The van der Waals surface area contributed by atoms with Crippen LogP contribution in [-0.2, 0) is 26.2 Å². The number of fused-ring (bicyclic) bond motifs is 2. The molecule has 10 nitrogen and oxygen atoms in total. The molecule has 2 bridgehead atoms. The van der Waals surface area contributed by atoms with Gasteiger partial charge in [0.15, 0.2) is 0 Å². The molecular formula is C29H36N4O6. The van der Waals surface area contributed by atoms with Crippen molar-refractivity contribution in [2.75, 3.05) is 28.4 Å². The van der Waals surface area contributed by atoms with Gasteiger partial charge >= 0.3 is 12.1 Å². The van der Waals surface area contributed by atoms with Crippen LogP contribution in [0.5, 0.6) is 23.0 Å². The Morgan fingerprint density at radius 2 is 0.744 bits per heavy atom. The molecule has 4 aliphatic rings. The van der Waals surface area contributed by atoms with Gasteiger partial charge in [0, 0.05) is 27.7 Å². The van der Waals surface area contributed by atoms with Crippen LogP contribution in [0.4, 0.5) is 9.59 Å². The lowest BCUT2D eigenvalue weighted by atomic mass is 9.63. The zero-order chi connectivity index (χ0) is 28.1. The summed E-state index contributed by atoms with van der Waals surface area (Å²) in [4.78, 5) is 36.9. The van der Waals surface area contributed by atoms with Gasteiger partial charge in [-0.05, 0) is 38.1 Å². The lowest BCUT2D eigenvalue weighted by molar-refractivity contribution is -0.252. The van der Waals surface area contributed by atoms with E-state index in [4.69, 9.17) is 18.9 Å². The summed E-state index contributed by atoms with van der Waals surface area (Å²) in [6.07, 6.45) is 0. The highest BCUT2D eigenvalue weighted by atomic mass is 16.5. The Bertz CT molecular complexity index is 1220. The van der Waals surface area contributed by atoms with Crippen LogP contribution in [0.15, 0.2) is 24.3 Å². The van der Waals surface area contributed by atoms with Crippen molar-refractivity contribution in [1.82, 2.24) is 19.6 Å². The zero-order valence-electron chi connectivity index (χ0n) is 23.9. The number of carbonyl (C=O) groups excluding carboxylic acids is 2. The lowest BCUT2D eigenvalue weighted by Gasteiger charge is -2.73. The summed E-state index contributed by atoms with van der Waals surface area (Å²) in [6.45, 7) is 9.43. The molecule has 2 fully saturated rings. The Kier molecular flexibility index (Phi) is 5.28. The summed E-state index contributed by atoms with van der Waals surface area (Å²) in [5, 5.41) is 0. The number of benzene rings is 2. The zero-order valence-corrected chi connectivity index (χ0v) is 23.9. The third-order valence-corrected chi connectivity index (χ3v) is 10.2. The minimum absolute atomic E-state index is 0.155. The molecule has 4 heterocycles. The van der Waals surface area contributed by atoms with Crippen molar-refractivity contribution in [2.24, 2.45) is 5.41 Å². The number of hydrogen-bond acceptors (Lipinski definition) is 6. The molecule has 4 aliphatic heterocycles. The molecule has 0 atom stereocenters. The van der Waals surface area contributed by atoms with Crippen LogP contribution in [0, 0.1) is 5.41 Å². The van der Waals surface area contributed by atoms with Gasteiger partial charge in [-0.15, -0.1) is 0 Å². The summed E-state index contributed by atoms with van der Waals surface area (Å²) >= 11 is 0. The molecule has 2 saturated heterocycles. The number of ether oxygens (including phenoxy) is 4. The monoisotopic (exact) mass is 536 g/mol. The van der Waals surface area contributed by atoms with Gasteiger partial charge in [-0.2, -0.15) is 0 Å². The molecule has 208 valence electrons. The van der Waals surface area contributed by atoms with Gasteiger partial charge in [0.05, 0.1) is 54.6 Å². The van der Waals surface area contributed by atoms with E-state index in [1.807, 2.05) is 57.7 Å². The fraction of sp³-hybridized carbons (Fsp3) is 0.517. The van der Waals surface area contributed by atoms with Gasteiger partial charge in [-0.25, -0.2) is 9.59 Å².